The fourth-order valence-corrected chi connectivity index (χ4v) is 5.89. The molecule has 1 amide bonds. The van der Waals surface area contributed by atoms with E-state index in [1.54, 1.807) is 24.3 Å². The number of carbonyl (C=O) groups excluding carboxylic acids is 1. The third kappa shape index (κ3) is 4.48. The Morgan fingerprint density at radius 1 is 1.15 bits per heavy atom. The Kier molecular flexibility index (Phi) is 5.96. The largest absolute Gasteiger partial charge is 0.369 e. The van der Waals surface area contributed by atoms with E-state index < -0.39 is 10.0 Å². The summed E-state index contributed by atoms with van der Waals surface area (Å²) in [7, 11) is -3.72. The standard InChI is InChI=1S/C23H24N6O3S2/c1-16(29-13-10-17-4-2-3-5-21(17)29)22(30)26-18-11-12-28(14-18)19-6-8-20(9-7-19)34(31,32)27-23-24-15-25-33-23/h2-10,13,15-16,18H,11-12,14H2,1H3,(H,26,30)(H,24,25,27)/t16-,18-/m1/s1. The number of benzene rings is 2. The van der Waals surface area contributed by atoms with Crippen molar-refractivity contribution in [1.29, 1.82) is 0 Å². The van der Waals surface area contributed by atoms with Gasteiger partial charge in [-0.3, -0.25) is 9.52 Å². The number of carbonyl (C=O) groups is 1. The maximum absolute atomic E-state index is 12.9. The van der Waals surface area contributed by atoms with E-state index in [0.717, 1.165) is 41.1 Å². The van der Waals surface area contributed by atoms with Gasteiger partial charge in [-0.15, -0.1) is 0 Å². The second kappa shape index (κ2) is 9.07. The Balaban J connectivity index is 1.20. The molecule has 1 fully saturated rings. The molecule has 0 saturated carbocycles. The van der Waals surface area contributed by atoms with Crippen molar-refractivity contribution >= 4 is 49.2 Å². The number of nitrogens with one attached hydrogen (secondary N) is 2. The molecule has 4 aromatic rings. The molecule has 3 heterocycles. The van der Waals surface area contributed by atoms with Gasteiger partial charge in [0.15, 0.2) is 0 Å². The summed E-state index contributed by atoms with van der Waals surface area (Å²) in [6.45, 7) is 3.35. The van der Waals surface area contributed by atoms with E-state index in [1.165, 1.54) is 6.33 Å². The highest BCUT2D eigenvalue weighted by Gasteiger charge is 2.27. The minimum absolute atomic E-state index is 0.0163. The summed E-state index contributed by atoms with van der Waals surface area (Å²) in [4.78, 5) is 19.1. The molecule has 2 aromatic carbocycles. The summed E-state index contributed by atoms with van der Waals surface area (Å²) in [5.74, 6) is -0.0163. The van der Waals surface area contributed by atoms with Crippen molar-refractivity contribution < 1.29 is 13.2 Å². The quantitative estimate of drug-likeness (QED) is 0.407. The molecule has 11 heteroatoms. The zero-order chi connectivity index (χ0) is 23.7. The normalized spacial score (nSPS) is 17.1. The second-order valence-electron chi connectivity index (χ2n) is 8.24. The van der Waals surface area contributed by atoms with Crippen LogP contribution >= 0.6 is 11.5 Å². The molecule has 2 N–H and O–H groups in total. The molecule has 2 aromatic heterocycles. The molecule has 0 unspecified atom stereocenters. The topological polar surface area (TPSA) is 109 Å². The molecule has 5 rings (SSSR count). The van der Waals surface area contributed by atoms with Crippen molar-refractivity contribution in [2.24, 2.45) is 0 Å². The van der Waals surface area contributed by atoms with Crippen LogP contribution in [0.25, 0.3) is 10.9 Å². The predicted octanol–water partition coefficient (Wildman–Crippen LogP) is 3.25. The SMILES string of the molecule is C[C@H](C(=O)N[C@@H]1CCN(c2ccc(S(=O)(=O)Nc3ncns3)cc2)C1)n1ccc2ccccc21. The Labute approximate surface area is 201 Å². The first-order valence-electron chi connectivity index (χ1n) is 10.9. The van der Waals surface area contributed by atoms with E-state index in [0.29, 0.717) is 6.54 Å². The number of anilines is 2. The highest BCUT2D eigenvalue weighted by Crippen LogP contribution is 2.25. The molecule has 0 aliphatic carbocycles. The molecule has 0 radical (unpaired) electrons. The third-order valence-corrected chi connectivity index (χ3v) is 8.12. The highest BCUT2D eigenvalue weighted by atomic mass is 32.2. The van der Waals surface area contributed by atoms with Gasteiger partial charge < -0.3 is 14.8 Å². The van der Waals surface area contributed by atoms with Crippen molar-refractivity contribution in [3.8, 4) is 0 Å². The zero-order valence-corrected chi connectivity index (χ0v) is 20.1. The van der Waals surface area contributed by atoms with E-state index in [1.807, 2.05) is 48.0 Å². The average molecular weight is 497 g/mol. The van der Waals surface area contributed by atoms with Gasteiger partial charge in [0, 0.05) is 48.1 Å². The fourth-order valence-electron chi connectivity index (χ4n) is 4.23. The van der Waals surface area contributed by atoms with Gasteiger partial charge in [-0.05, 0) is 55.1 Å². The maximum Gasteiger partial charge on any atom is 0.263 e. The first-order chi connectivity index (χ1) is 16.4. The van der Waals surface area contributed by atoms with Crippen molar-refractivity contribution in [1.82, 2.24) is 19.2 Å². The summed E-state index contributed by atoms with van der Waals surface area (Å²) in [5, 5.41) is 4.51. The Morgan fingerprint density at radius 2 is 1.94 bits per heavy atom. The number of hydrogen-bond acceptors (Lipinski definition) is 7. The van der Waals surface area contributed by atoms with Crippen molar-refractivity contribution in [3.63, 3.8) is 0 Å². The number of amides is 1. The van der Waals surface area contributed by atoms with Gasteiger partial charge >= 0.3 is 0 Å². The predicted molar refractivity (Wildman–Crippen MR) is 133 cm³/mol. The molecule has 34 heavy (non-hydrogen) atoms. The molecule has 0 bridgehead atoms. The Morgan fingerprint density at radius 3 is 2.71 bits per heavy atom. The van der Waals surface area contributed by atoms with Crippen LogP contribution in [-0.2, 0) is 14.8 Å². The van der Waals surface area contributed by atoms with E-state index in [4.69, 9.17) is 0 Å². The van der Waals surface area contributed by atoms with Crippen LogP contribution < -0.4 is 14.9 Å². The van der Waals surface area contributed by atoms with Gasteiger partial charge in [-0.2, -0.15) is 4.37 Å². The van der Waals surface area contributed by atoms with Gasteiger partial charge in [0.05, 0.1) is 4.90 Å². The number of rotatable bonds is 7. The third-order valence-electron chi connectivity index (χ3n) is 6.06. The van der Waals surface area contributed by atoms with Crippen LogP contribution in [0.1, 0.15) is 19.4 Å². The molecular formula is C23H24N6O3S2. The number of fused-ring (bicyclic) bond motifs is 1. The van der Waals surface area contributed by atoms with E-state index in [-0.39, 0.29) is 28.0 Å². The first-order valence-corrected chi connectivity index (χ1v) is 13.2. The van der Waals surface area contributed by atoms with Crippen molar-refractivity contribution in [3.05, 3.63) is 67.1 Å². The van der Waals surface area contributed by atoms with Gasteiger partial charge in [0.1, 0.15) is 12.4 Å². The van der Waals surface area contributed by atoms with Crippen LogP contribution in [-0.4, -0.2) is 47.4 Å². The molecule has 0 spiro atoms. The smallest absolute Gasteiger partial charge is 0.263 e. The lowest BCUT2D eigenvalue weighted by atomic mass is 10.2. The molecule has 2 atom stereocenters. The maximum atomic E-state index is 12.9. The first kappa shape index (κ1) is 22.4. The lowest BCUT2D eigenvalue weighted by Crippen LogP contribution is -2.40. The fraction of sp³-hybridized carbons (Fsp3) is 0.261. The summed E-state index contributed by atoms with van der Waals surface area (Å²) >= 11 is 0.979. The minimum Gasteiger partial charge on any atom is -0.369 e. The molecule has 176 valence electrons. The molecule has 1 saturated heterocycles. The molecule has 1 aliphatic heterocycles. The monoisotopic (exact) mass is 496 g/mol. The van der Waals surface area contributed by atoms with E-state index in [9.17, 15) is 13.2 Å². The zero-order valence-electron chi connectivity index (χ0n) is 18.5. The number of hydrogen-bond donors (Lipinski definition) is 2. The number of para-hydroxylation sites is 1. The number of sulfonamides is 1. The van der Waals surface area contributed by atoms with Gasteiger partial charge in [-0.25, -0.2) is 13.4 Å². The average Bonchev–Trinajstić information content (AvgIpc) is 3.60. The van der Waals surface area contributed by atoms with Crippen LogP contribution in [0.4, 0.5) is 10.8 Å². The van der Waals surface area contributed by atoms with Crippen LogP contribution in [0.3, 0.4) is 0 Å². The van der Waals surface area contributed by atoms with Crippen molar-refractivity contribution in [2.45, 2.75) is 30.3 Å². The highest BCUT2D eigenvalue weighted by molar-refractivity contribution is 7.93. The second-order valence-corrected chi connectivity index (χ2v) is 10.7. The number of aromatic nitrogens is 3. The van der Waals surface area contributed by atoms with Crippen molar-refractivity contribution in [2.75, 3.05) is 22.7 Å². The minimum atomic E-state index is -3.72. The van der Waals surface area contributed by atoms with E-state index in [2.05, 4.69) is 24.3 Å². The van der Waals surface area contributed by atoms with Crippen LogP contribution in [0, 0.1) is 0 Å². The van der Waals surface area contributed by atoms with E-state index >= 15 is 0 Å². The van der Waals surface area contributed by atoms with Crippen LogP contribution in [0.2, 0.25) is 0 Å². The summed E-state index contributed by atoms with van der Waals surface area (Å²) in [6, 6.07) is 16.5. The summed E-state index contributed by atoms with van der Waals surface area (Å²) in [6.07, 6.45) is 4.07. The van der Waals surface area contributed by atoms with Gasteiger partial charge in [0.2, 0.25) is 11.0 Å². The number of nitrogens with zero attached hydrogens (tertiary/aromatic N) is 4. The molecular weight excluding hydrogens is 472 g/mol. The van der Waals surface area contributed by atoms with Crippen LogP contribution in [0.15, 0.2) is 72.0 Å². The lowest BCUT2D eigenvalue weighted by Gasteiger charge is -2.21. The summed E-state index contributed by atoms with van der Waals surface area (Å²) < 4.78 is 33.2. The summed E-state index contributed by atoms with van der Waals surface area (Å²) in [5.41, 5.74) is 1.95. The lowest BCUT2D eigenvalue weighted by molar-refractivity contribution is -0.124. The van der Waals surface area contributed by atoms with Gasteiger partial charge in [-0.1, -0.05) is 18.2 Å². The Bertz CT molecular complexity index is 1400. The molecule has 1 aliphatic rings. The van der Waals surface area contributed by atoms with Gasteiger partial charge in [0.25, 0.3) is 10.0 Å². The Hall–Kier alpha value is -3.44. The molecule has 9 nitrogen and oxygen atoms in total. The van der Waals surface area contributed by atoms with Crippen LogP contribution in [0.5, 0.6) is 0 Å².